The average molecular weight is 275 g/mol. The van der Waals surface area contributed by atoms with Crippen LogP contribution in [0.3, 0.4) is 0 Å². The van der Waals surface area contributed by atoms with Gasteiger partial charge in [-0.25, -0.2) is 14.8 Å². The van der Waals surface area contributed by atoms with Gasteiger partial charge in [0.25, 0.3) is 0 Å². The van der Waals surface area contributed by atoms with Gasteiger partial charge in [-0.3, -0.25) is 0 Å². The van der Waals surface area contributed by atoms with Crippen LogP contribution < -0.4 is 4.90 Å². The number of aromatic carboxylic acids is 1. The van der Waals surface area contributed by atoms with Gasteiger partial charge >= 0.3 is 12.1 Å². The van der Waals surface area contributed by atoms with E-state index in [1.54, 1.807) is 0 Å². The molecule has 1 N–H and O–H groups in total. The molecule has 1 atom stereocenters. The van der Waals surface area contributed by atoms with E-state index in [1.165, 1.54) is 17.2 Å². The first-order valence-corrected chi connectivity index (χ1v) is 5.76. The third kappa shape index (κ3) is 3.12. The lowest BCUT2D eigenvalue weighted by molar-refractivity contribution is -0.176. The molecular weight excluding hydrogens is 263 g/mol. The Morgan fingerprint density at radius 2 is 2.21 bits per heavy atom. The van der Waals surface area contributed by atoms with Gasteiger partial charge in [0, 0.05) is 19.3 Å². The number of carbonyl (C=O) groups is 1. The number of carboxylic acid groups (broad SMARTS) is 1. The fourth-order valence-electron chi connectivity index (χ4n) is 2.05. The predicted molar refractivity (Wildman–Crippen MR) is 60.0 cm³/mol. The number of alkyl halides is 3. The van der Waals surface area contributed by atoms with E-state index >= 15 is 0 Å². The van der Waals surface area contributed by atoms with Gasteiger partial charge in [0.2, 0.25) is 5.95 Å². The van der Waals surface area contributed by atoms with Gasteiger partial charge in [0.05, 0.1) is 5.92 Å². The zero-order valence-corrected chi connectivity index (χ0v) is 9.89. The van der Waals surface area contributed by atoms with Crippen LogP contribution in [0.4, 0.5) is 19.1 Å². The molecule has 1 aromatic rings. The molecule has 1 saturated heterocycles. The van der Waals surface area contributed by atoms with Crippen molar-refractivity contribution in [3.05, 3.63) is 18.0 Å². The van der Waals surface area contributed by atoms with Gasteiger partial charge in [-0.1, -0.05) is 0 Å². The highest BCUT2D eigenvalue weighted by atomic mass is 19.4. The smallest absolute Gasteiger partial charge is 0.393 e. The fraction of sp³-hybridized carbons (Fsp3) is 0.545. The van der Waals surface area contributed by atoms with E-state index in [1.807, 2.05) is 0 Å². The van der Waals surface area contributed by atoms with E-state index in [4.69, 9.17) is 5.11 Å². The Labute approximate surface area is 107 Å². The molecule has 0 bridgehead atoms. The van der Waals surface area contributed by atoms with Gasteiger partial charge < -0.3 is 10.0 Å². The zero-order chi connectivity index (χ0) is 14.0. The second-order valence-electron chi connectivity index (χ2n) is 4.37. The Morgan fingerprint density at radius 3 is 2.84 bits per heavy atom. The van der Waals surface area contributed by atoms with Crippen molar-refractivity contribution in [2.45, 2.75) is 19.0 Å². The zero-order valence-electron chi connectivity index (χ0n) is 9.89. The number of nitrogens with zero attached hydrogens (tertiary/aromatic N) is 3. The summed E-state index contributed by atoms with van der Waals surface area (Å²) >= 11 is 0. The first-order chi connectivity index (χ1) is 8.88. The number of aromatic nitrogens is 2. The molecule has 1 aromatic heterocycles. The Morgan fingerprint density at radius 1 is 1.47 bits per heavy atom. The third-order valence-corrected chi connectivity index (χ3v) is 3.03. The van der Waals surface area contributed by atoms with Crippen LogP contribution in [0.15, 0.2) is 12.3 Å². The second kappa shape index (κ2) is 5.02. The van der Waals surface area contributed by atoms with Crippen LogP contribution >= 0.6 is 0 Å². The van der Waals surface area contributed by atoms with Gasteiger partial charge in [-0.15, -0.1) is 0 Å². The highest BCUT2D eigenvalue weighted by Gasteiger charge is 2.42. The molecule has 5 nitrogen and oxygen atoms in total. The van der Waals surface area contributed by atoms with Gasteiger partial charge in [-0.05, 0) is 18.9 Å². The van der Waals surface area contributed by atoms with Crippen molar-refractivity contribution in [1.29, 1.82) is 0 Å². The van der Waals surface area contributed by atoms with E-state index in [0.29, 0.717) is 13.0 Å². The molecular formula is C11H12F3N3O2. The number of hydrogen-bond acceptors (Lipinski definition) is 4. The summed E-state index contributed by atoms with van der Waals surface area (Å²) in [6.45, 7) is 0.169. The molecule has 0 amide bonds. The minimum Gasteiger partial charge on any atom is -0.477 e. The topological polar surface area (TPSA) is 66.3 Å². The summed E-state index contributed by atoms with van der Waals surface area (Å²) in [7, 11) is 0. The van der Waals surface area contributed by atoms with Gasteiger partial charge in [0.1, 0.15) is 0 Å². The Balaban J connectivity index is 2.17. The summed E-state index contributed by atoms with van der Waals surface area (Å²) in [4.78, 5) is 19.8. The van der Waals surface area contributed by atoms with E-state index in [9.17, 15) is 18.0 Å². The summed E-state index contributed by atoms with van der Waals surface area (Å²) in [6, 6.07) is 1.21. The molecule has 1 aliphatic rings. The molecule has 19 heavy (non-hydrogen) atoms. The molecule has 1 unspecified atom stereocenters. The van der Waals surface area contributed by atoms with Crippen LogP contribution in [0.2, 0.25) is 0 Å². The van der Waals surface area contributed by atoms with Crippen molar-refractivity contribution in [2.24, 2.45) is 5.92 Å². The molecule has 2 heterocycles. The third-order valence-electron chi connectivity index (χ3n) is 3.03. The van der Waals surface area contributed by atoms with Crippen molar-refractivity contribution in [2.75, 3.05) is 18.0 Å². The summed E-state index contributed by atoms with van der Waals surface area (Å²) in [6.07, 6.45) is -2.55. The fourth-order valence-corrected chi connectivity index (χ4v) is 2.05. The Kier molecular flexibility index (Phi) is 3.59. The van der Waals surface area contributed by atoms with Crippen molar-refractivity contribution in [3.63, 3.8) is 0 Å². The van der Waals surface area contributed by atoms with Crippen LogP contribution in [0.5, 0.6) is 0 Å². The molecule has 1 aliphatic heterocycles. The first kappa shape index (κ1) is 13.6. The normalized spacial score (nSPS) is 20.4. The lowest BCUT2D eigenvalue weighted by Gasteiger charge is -2.33. The number of halogens is 3. The van der Waals surface area contributed by atoms with Crippen LogP contribution in [0.1, 0.15) is 23.3 Å². The monoisotopic (exact) mass is 275 g/mol. The van der Waals surface area contributed by atoms with Crippen LogP contribution in [-0.4, -0.2) is 40.3 Å². The Hall–Kier alpha value is -1.86. The molecule has 0 radical (unpaired) electrons. The highest BCUT2D eigenvalue weighted by Crippen LogP contribution is 2.33. The number of hydrogen-bond donors (Lipinski definition) is 1. The largest absolute Gasteiger partial charge is 0.477 e. The average Bonchev–Trinajstić information content (AvgIpc) is 2.38. The van der Waals surface area contributed by atoms with E-state index in [2.05, 4.69) is 9.97 Å². The molecule has 0 saturated carbocycles. The molecule has 0 aliphatic carbocycles. The maximum atomic E-state index is 12.7. The summed E-state index contributed by atoms with van der Waals surface area (Å²) in [5, 5.41) is 8.80. The predicted octanol–water partition coefficient (Wildman–Crippen LogP) is 1.95. The summed E-state index contributed by atoms with van der Waals surface area (Å²) in [5.74, 6) is -2.61. The summed E-state index contributed by atoms with van der Waals surface area (Å²) in [5.41, 5.74) is -0.223. The van der Waals surface area contributed by atoms with E-state index in [0.717, 1.165) is 0 Å². The van der Waals surface area contributed by atoms with Crippen LogP contribution in [-0.2, 0) is 0 Å². The molecule has 104 valence electrons. The standard InChI is InChI=1S/C11H12F3N3O2/c12-11(13,14)7-2-1-5-17(6-7)10-15-4-3-8(16-10)9(18)19/h3-4,7H,1-2,5-6H2,(H,18,19). The van der Waals surface area contributed by atoms with Gasteiger partial charge in [-0.2, -0.15) is 13.2 Å². The van der Waals surface area contributed by atoms with Crippen LogP contribution in [0.25, 0.3) is 0 Å². The minimum absolute atomic E-state index is 0.0360. The molecule has 0 aromatic carbocycles. The maximum absolute atomic E-state index is 12.7. The lowest BCUT2D eigenvalue weighted by Crippen LogP contribution is -2.42. The quantitative estimate of drug-likeness (QED) is 0.893. The number of rotatable bonds is 2. The number of anilines is 1. The summed E-state index contributed by atoms with van der Waals surface area (Å²) < 4.78 is 38.0. The number of piperidine rings is 1. The lowest BCUT2D eigenvalue weighted by atomic mass is 9.98. The molecule has 2 rings (SSSR count). The SMILES string of the molecule is O=C(O)c1ccnc(N2CCCC(C(F)(F)F)C2)n1. The van der Waals surface area contributed by atoms with Crippen molar-refractivity contribution in [3.8, 4) is 0 Å². The Bertz CT molecular complexity index is 478. The minimum atomic E-state index is -4.25. The van der Waals surface area contributed by atoms with E-state index < -0.39 is 18.1 Å². The maximum Gasteiger partial charge on any atom is 0.393 e. The van der Waals surface area contributed by atoms with Crippen molar-refractivity contribution in [1.82, 2.24) is 9.97 Å². The molecule has 0 spiro atoms. The highest BCUT2D eigenvalue weighted by molar-refractivity contribution is 5.85. The second-order valence-corrected chi connectivity index (χ2v) is 4.37. The van der Waals surface area contributed by atoms with Crippen LogP contribution in [0, 0.1) is 5.92 Å². The van der Waals surface area contributed by atoms with Gasteiger partial charge in [0.15, 0.2) is 5.69 Å². The first-order valence-electron chi connectivity index (χ1n) is 5.76. The molecule has 1 fully saturated rings. The number of carboxylic acids is 1. The van der Waals surface area contributed by atoms with Crippen molar-refractivity contribution >= 4 is 11.9 Å². The van der Waals surface area contributed by atoms with Crippen molar-refractivity contribution < 1.29 is 23.1 Å². The van der Waals surface area contributed by atoms with E-state index in [-0.39, 0.29) is 24.6 Å². The molecule has 8 heteroatoms.